The standard InChI is InChI=1S/C17H26N2O2/c1-10-5-6-13(7-11(10)2)19-14-8-12(3)16(18)15(9-14)17(20)21-4/h8-11,13,19H,5-7,18H2,1-4H3. The molecule has 0 saturated heterocycles. The molecule has 4 nitrogen and oxygen atoms in total. The maximum absolute atomic E-state index is 11.8. The van der Waals surface area contributed by atoms with Crippen LogP contribution in [-0.4, -0.2) is 19.1 Å². The van der Waals surface area contributed by atoms with E-state index in [0.717, 1.165) is 29.5 Å². The number of anilines is 2. The van der Waals surface area contributed by atoms with Gasteiger partial charge in [-0.15, -0.1) is 0 Å². The molecule has 0 spiro atoms. The molecular weight excluding hydrogens is 264 g/mol. The van der Waals surface area contributed by atoms with Crippen molar-refractivity contribution in [1.29, 1.82) is 0 Å². The van der Waals surface area contributed by atoms with Crippen molar-refractivity contribution in [3.8, 4) is 0 Å². The Morgan fingerprint density at radius 1 is 1.29 bits per heavy atom. The Labute approximate surface area is 127 Å². The van der Waals surface area contributed by atoms with Gasteiger partial charge in [0, 0.05) is 17.4 Å². The van der Waals surface area contributed by atoms with Gasteiger partial charge >= 0.3 is 5.97 Å². The lowest BCUT2D eigenvalue weighted by Crippen LogP contribution is -2.30. The Morgan fingerprint density at radius 3 is 2.62 bits per heavy atom. The van der Waals surface area contributed by atoms with E-state index in [-0.39, 0.29) is 5.97 Å². The molecule has 3 N–H and O–H groups in total. The van der Waals surface area contributed by atoms with Crippen LogP contribution in [0.15, 0.2) is 12.1 Å². The number of nitrogen functional groups attached to an aromatic ring is 1. The molecule has 21 heavy (non-hydrogen) atoms. The third-order valence-corrected chi connectivity index (χ3v) is 4.76. The zero-order chi connectivity index (χ0) is 15.6. The molecule has 3 unspecified atom stereocenters. The summed E-state index contributed by atoms with van der Waals surface area (Å²) < 4.78 is 4.80. The molecule has 0 heterocycles. The van der Waals surface area contributed by atoms with Crippen molar-refractivity contribution in [2.24, 2.45) is 11.8 Å². The van der Waals surface area contributed by atoms with Crippen LogP contribution < -0.4 is 11.1 Å². The quantitative estimate of drug-likeness (QED) is 0.659. The van der Waals surface area contributed by atoms with E-state index in [2.05, 4.69) is 19.2 Å². The van der Waals surface area contributed by atoms with Gasteiger partial charge in [0.2, 0.25) is 0 Å². The molecule has 3 atom stereocenters. The van der Waals surface area contributed by atoms with Crippen molar-refractivity contribution in [3.63, 3.8) is 0 Å². The normalized spacial score (nSPS) is 25.4. The van der Waals surface area contributed by atoms with E-state index >= 15 is 0 Å². The van der Waals surface area contributed by atoms with Gasteiger partial charge in [0.05, 0.1) is 12.7 Å². The zero-order valence-electron chi connectivity index (χ0n) is 13.4. The van der Waals surface area contributed by atoms with E-state index < -0.39 is 0 Å². The molecule has 1 saturated carbocycles. The van der Waals surface area contributed by atoms with Crippen molar-refractivity contribution in [1.82, 2.24) is 0 Å². The average Bonchev–Trinajstić information content (AvgIpc) is 2.45. The van der Waals surface area contributed by atoms with E-state index in [9.17, 15) is 4.79 Å². The lowest BCUT2D eigenvalue weighted by atomic mass is 9.79. The van der Waals surface area contributed by atoms with E-state index in [1.54, 1.807) is 6.07 Å². The number of nitrogens with two attached hydrogens (primary N) is 1. The van der Waals surface area contributed by atoms with Gasteiger partial charge in [0.25, 0.3) is 0 Å². The van der Waals surface area contributed by atoms with Gasteiger partial charge in [-0.25, -0.2) is 4.79 Å². The van der Waals surface area contributed by atoms with Gasteiger partial charge in [-0.3, -0.25) is 0 Å². The SMILES string of the molecule is COC(=O)c1cc(NC2CCC(C)C(C)C2)cc(C)c1N. The lowest BCUT2D eigenvalue weighted by Gasteiger charge is -2.33. The minimum Gasteiger partial charge on any atom is -0.465 e. The highest BCUT2D eigenvalue weighted by Crippen LogP contribution is 2.32. The number of carbonyl (C=O) groups is 1. The molecule has 0 aliphatic heterocycles. The fourth-order valence-electron chi connectivity index (χ4n) is 3.07. The van der Waals surface area contributed by atoms with Crippen LogP contribution in [0.25, 0.3) is 0 Å². The van der Waals surface area contributed by atoms with Crippen molar-refractivity contribution in [2.45, 2.75) is 46.1 Å². The van der Waals surface area contributed by atoms with Gasteiger partial charge in [-0.2, -0.15) is 0 Å². The maximum Gasteiger partial charge on any atom is 0.340 e. The largest absolute Gasteiger partial charge is 0.465 e. The number of benzene rings is 1. The Bertz CT molecular complexity index is 528. The molecule has 4 heteroatoms. The molecule has 0 amide bonds. The molecule has 1 fully saturated rings. The third-order valence-electron chi connectivity index (χ3n) is 4.76. The van der Waals surface area contributed by atoms with Crippen LogP contribution in [0.1, 0.15) is 49.0 Å². The number of carbonyl (C=O) groups excluding carboxylic acids is 1. The first-order valence-electron chi connectivity index (χ1n) is 7.67. The number of hydrogen-bond donors (Lipinski definition) is 2. The summed E-state index contributed by atoms with van der Waals surface area (Å²) in [5.41, 5.74) is 8.77. The van der Waals surface area contributed by atoms with Crippen molar-refractivity contribution < 1.29 is 9.53 Å². The lowest BCUT2D eigenvalue weighted by molar-refractivity contribution is 0.0602. The number of aryl methyl sites for hydroxylation is 1. The topological polar surface area (TPSA) is 64.3 Å². The number of methoxy groups -OCH3 is 1. The molecule has 1 aromatic carbocycles. The fourth-order valence-corrected chi connectivity index (χ4v) is 3.07. The van der Waals surface area contributed by atoms with E-state index in [4.69, 9.17) is 10.5 Å². The summed E-state index contributed by atoms with van der Waals surface area (Å²) in [6, 6.07) is 4.27. The monoisotopic (exact) mass is 290 g/mol. The molecule has 1 aliphatic rings. The fraction of sp³-hybridized carbons (Fsp3) is 0.588. The summed E-state index contributed by atoms with van der Waals surface area (Å²) in [6.07, 6.45) is 3.58. The predicted octanol–water partition coefficient (Wildman–Crippen LogP) is 3.60. The Balaban J connectivity index is 2.17. The van der Waals surface area contributed by atoms with Crippen molar-refractivity contribution in [2.75, 3.05) is 18.2 Å². The van der Waals surface area contributed by atoms with Crippen LogP contribution in [-0.2, 0) is 4.74 Å². The number of ether oxygens (including phenoxy) is 1. The van der Waals surface area contributed by atoms with Gasteiger partial charge in [-0.1, -0.05) is 13.8 Å². The van der Waals surface area contributed by atoms with Crippen LogP contribution in [0.4, 0.5) is 11.4 Å². The summed E-state index contributed by atoms with van der Waals surface area (Å²) in [4.78, 5) is 11.8. The van der Waals surface area contributed by atoms with Gasteiger partial charge in [0.1, 0.15) is 0 Å². The van der Waals surface area contributed by atoms with E-state index in [1.165, 1.54) is 20.0 Å². The number of rotatable bonds is 3. The molecule has 1 aliphatic carbocycles. The molecule has 0 aromatic heterocycles. The Morgan fingerprint density at radius 2 is 2.00 bits per heavy atom. The number of nitrogens with one attached hydrogen (secondary N) is 1. The molecular formula is C17H26N2O2. The second kappa shape index (κ2) is 6.37. The predicted molar refractivity (Wildman–Crippen MR) is 86.5 cm³/mol. The van der Waals surface area contributed by atoms with Crippen molar-refractivity contribution >= 4 is 17.3 Å². The van der Waals surface area contributed by atoms with Gasteiger partial charge < -0.3 is 15.8 Å². The van der Waals surface area contributed by atoms with E-state index in [1.807, 2.05) is 13.0 Å². The molecule has 1 aromatic rings. The van der Waals surface area contributed by atoms with Crippen molar-refractivity contribution in [3.05, 3.63) is 23.3 Å². The molecule has 2 rings (SSSR count). The second-order valence-corrected chi connectivity index (χ2v) is 6.35. The summed E-state index contributed by atoms with van der Waals surface area (Å²) in [7, 11) is 1.38. The first-order valence-corrected chi connectivity index (χ1v) is 7.67. The summed E-state index contributed by atoms with van der Waals surface area (Å²) >= 11 is 0. The Hall–Kier alpha value is -1.71. The van der Waals surface area contributed by atoms with Gasteiger partial charge in [0.15, 0.2) is 0 Å². The number of esters is 1. The highest BCUT2D eigenvalue weighted by atomic mass is 16.5. The zero-order valence-corrected chi connectivity index (χ0v) is 13.4. The second-order valence-electron chi connectivity index (χ2n) is 6.35. The van der Waals surface area contributed by atoms with E-state index in [0.29, 0.717) is 17.3 Å². The van der Waals surface area contributed by atoms with Crippen LogP contribution in [0.5, 0.6) is 0 Å². The first kappa shape index (κ1) is 15.7. The summed E-state index contributed by atoms with van der Waals surface area (Å²) in [5, 5.41) is 3.56. The van der Waals surface area contributed by atoms with Crippen LogP contribution in [0.2, 0.25) is 0 Å². The third kappa shape index (κ3) is 3.49. The first-order chi connectivity index (χ1) is 9.92. The smallest absolute Gasteiger partial charge is 0.340 e. The molecule has 0 radical (unpaired) electrons. The highest BCUT2D eigenvalue weighted by molar-refractivity contribution is 5.97. The minimum atomic E-state index is -0.384. The summed E-state index contributed by atoms with van der Waals surface area (Å²) in [5.74, 6) is 1.14. The molecule has 0 bridgehead atoms. The van der Waals surface area contributed by atoms with Crippen LogP contribution >= 0.6 is 0 Å². The van der Waals surface area contributed by atoms with Gasteiger partial charge in [-0.05, 0) is 55.7 Å². The highest BCUT2D eigenvalue weighted by Gasteiger charge is 2.24. The van der Waals surface area contributed by atoms with Crippen LogP contribution in [0.3, 0.4) is 0 Å². The molecule has 116 valence electrons. The Kier molecular flexibility index (Phi) is 4.76. The minimum absolute atomic E-state index is 0.384. The number of hydrogen-bond acceptors (Lipinski definition) is 4. The summed E-state index contributed by atoms with van der Waals surface area (Å²) in [6.45, 7) is 6.55. The maximum atomic E-state index is 11.8. The average molecular weight is 290 g/mol. The van der Waals surface area contributed by atoms with Crippen LogP contribution in [0, 0.1) is 18.8 Å².